The molecule has 1 fully saturated rings. The number of pyridine rings is 1. The van der Waals surface area contributed by atoms with E-state index in [4.69, 9.17) is 10.00 Å². The van der Waals surface area contributed by atoms with Crippen molar-refractivity contribution in [3.05, 3.63) is 61.3 Å². The molecule has 9 nitrogen and oxygen atoms in total. The maximum absolute atomic E-state index is 12.8. The molecule has 0 aliphatic carbocycles. The summed E-state index contributed by atoms with van der Waals surface area (Å²) in [5, 5.41) is 20.1. The second-order valence-electron chi connectivity index (χ2n) is 6.87. The van der Waals surface area contributed by atoms with E-state index in [0.717, 1.165) is 47.7 Å². The number of carbonyl (C=O) groups excluding carboxylic acids is 1. The average Bonchev–Trinajstić information content (AvgIpc) is 3.27. The van der Waals surface area contributed by atoms with Crippen LogP contribution in [0.5, 0.6) is 0 Å². The lowest BCUT2D eigenvalue weighted by molar-refractivity contribution is -0.385. The molecule has 3 rings (SSSR count). The van der Waals surface area contributed by atoms with Crippen molar-refractivity contribution >= 4 is 11.5 Å². The maximum atomic E-state index is 12.8. The summed E-state index contributed by atoms with van der Waals surface area (Å²) in [6, 6.07) is 4.31. The summed E-state index contributed by atoms with van der Waals surface area (Å²) in [4.78, 5) is 35.4. The molecule has 0 bridgehead atoms. The Hall–Kier alpha value is -3.25. The van der Waals surface area contributed by atoms with Gasteiger partial charge in [-0.2, -0.15) is 5.26 Å². The molecule has 0 aromatic carbocycles. The molecule has 0 saturated carbocycles. The average molecular weight is 384 g/mol. The standard InChI is InChI=1S/C19H20N4O5/c1-12-6-17(13(2)22(12)10-16-4-3-5-28-16)18(24)11-21-9-15(23(26)27)7-14(8-20)19(21)25/h6-7,9,16H,3-5,10-11H2,1-2H3. The number of aromatic nitrogens is 2. The predicted octanol–water partition coefficient (Wildman–Crippen LogP) is 2.11. The molecule has 9 heteroatoms. The smallest absolute Gasteiger partial charge is 0.287 e. The fourth-order valence-electron chi connectivity index (χ4n) is 3.51. The first-order valence-electron chi connectivity index (χ1n) is 8.92. The molecule has 1 aliphatic rings. The number of Topliss-reactive ketones (excluding diaryl/α,β-unsaturated/α-hetero) is 1. The van der Waals surface area contributed by atoms with Crippen LogP contribution in [-0.2, 0) is 17.8 Å². The van der Waals surface area contributed by atoms with Gasteiger partial charge in [-0.25, -0.2) is 0 Å². The number of hydrogen-bond donors (Lipinski definition) is 0. The number of aryl methyl sites for hydroxylation is 1. The second-order valence-corrected chi connectivity index (χ2v) is 6.87. The molecule has 3 heterocycles. The van der Waals surface area contributed by atoms with E-state index in [0.29, 0.717) is 12.1 Å². The highest BCUT2D eigenvalue weighted by Crippen LogP contribution is 2.21. The van der Waals surface area contributed by atoms with Crippen LogP contribution in [0.3, 0.4) is 0 Å². The number of nitro groups is 1. The van der Waals surface area contributed by atoms with Crippen molar-refractivity contribution in [1.82, 2.24) is 9.13 Å². The van der Waals surface area contributed by atoms with E-state index in [2.05, 4.69) is 0 Å². The lowest BCUT2D eigenvalue weighted by Gasteiger charge is -2.15. The zero-order valence-electron chi connectivity index (χ0n) is 15.7. The van der Waals surface area contributed by atoms with Gasteiger partial charge < -0.3 is 9.30 Å². The molecule has 1 aliphatic heterocycles. The summed E-state index contributed by atoms with van der Waals surface area (Å²) in [6.07, 6.45) is 3.10. The molecule has 2 aromatic rings. The molecular weight excluding hydrogens is 364 g/mol. The number of nitriles is 1. The summed E-state index contributed by atoms with van der Waals surface area (Å²) >= 11 is 0. The number of rotatable bonds is 6. The Balaban J connectivity index is 1.90. The van der Waals surface area contributed by atoms with Crippen LogP contribution < -0.4 is 5.56 Å². The van der Waals surface area contributed by atoms with Crippen LogP contribution in [0, 0.1) is 35.3 Å². The zero-order valence-corrected chi connectivity index (χ0v) is 15.7. The molecule has 0 radical (unpaired) electrons. The Kier molecular flexibility index (Phi) is 5.42. The first-order chi connectivity index (χ1) is 13.3. The third kappa shape index (κ3) is 3.73. The van der Waals surface area contributed by atoms with Crippen LogP contribution in [0.1, 0.15) is 40.2 Å². The number of ketones is 1. The first-order valence-corrected chi connectivity index (χ1v) is 8.92. The van der Waals surface area contributed by atoms with E-state index in [1.54, 1.807) is 12.1 Å². The molecule has 0 N–H and O–H groups in total. The van der Waals surface area contributed by atoms with E-state index < -0.39 is 16.2 Å². The van der Waals surface area contributed by atoms with Crippen molar-refractivity contribution in [2.45, 2.75) is 45.9 Å². The van der Waals surface area contributed by atoms with Gasteiger partial charge in [0.1, 0.15) is 11.6 Å². The Morgan fingerprint density at radius 1 is 1.43 bits per heavy atom. The summed E-state index contributed by atoms with van der Waals surface area (Å²) in [7, 11) is 0. The second kappa shape index (κ2) is 7.78. The Morgan fingerprint density at radius 3 is 2.79 bits per heavy atom. The lowest BCUT2D eigenvalue weighted by atomic mass is 10.1. The molecule has 146 valence electrons. The van der Waals surface area contributed by atoms with Gasteiger partial charge in [0.2, 0.25) is 0 Å². The first kappa shape index (κ1) is 19.5. The van der Waals surface area contributed by atoms with Crippen molar-refractivity contribution in [3.63, 3.8) is 0 Å². The molecule has 1 unspecified atom stereocenters. The molecule has 28 heavy (non-hydrogen) atoms. The van der Waals surface area contributed by atoms with Gasteiger partial charge in [-0.1, -0.05) is 0 Å². The molecule has 1 saturated heterocycles. The monoisotopic (exact) mass is 384 g/mol. The third-order valence-electron chi connectivity index (χ3n) is 5.00. The van der Waals surface area contributed by atoms with Crippen molar-refractivity contribution in [2.24, 2.45) is 0 Å². The van der Waals surface area contributed by atoms with Gasteiger partial charge in [0, 0.05) is 36.2 Å². The third-order valence-corrected chi connectivity index (χ3v) is 5.00. The number of ether oxygens (including phenoxy) is 1. The lowest BCUT2D eigenvalue weighted by Crippen LogP contribution is -2.26. The summed E-state index contributed by atoms with van der Waals surface area (Å²) in [5.41, 5.74) is 0.609. The van der Waals surface area contributed by atoms with Crippen LogP contribution in [0.2, 0.25) is 0 Å². The summed E-state index contributed by atoms with van der Waals surface area (Å²) in [6.45, 7) is 4.74. The van der Waals surface area contributed by atoms with Gasteiger partial charge in [0.25, 0.3) is 11.2 Å². The number of hydrogen-bond acceptors (Lipinski definition) is 6. The molecule has 0 spiro atoms. The highest BCUT2D eigenvalue weighted by atomic mass is 16.6. The van der Waals surface area contributed by atoms with Crippen LogP contribution in [0.15, 0.2) is 23.1 Å². The van der Waals surface area contributed by atoms with Crippen LogP contribution in [-0.4, -0.2) is 32.6 Å². The van der Waals surface area contributed by atoms with Crippen molar-refractivity contribution in [2.75, 3.05) is 6.61 Å². The van der Waals surface area contributed by atoms with Crippen molar-refractivity contribution in [3.8, 4) is 6.07 Å². The predicted molar refractivity (Wildman–Crippen MR) is 99.3 cm³/mol. The van der Waals surface area contributed by atoms with Crippen LogP contribution >= 0.6 is 0 Å². The molecule has 0 amide bonds. The topological polar surface area (TPSA) is 120 Å². The van der Waals surface area contributed by atoms with Gasteiger partial charge in [0.05, 0.1) is 23.8 Å². The van der Waals surface area contributed by atoms with E-state index in [-0.39, 0.29) is 24.0 Å². The van der Waals surface area contributed by atoms with Crippen molar-refractivity contribution in [1.29, 1.82) is 5.26 Å². The highest BCUT2D eigenvalue weighted by Gasteiger charge is 2.22. The van der Waals surface area contributed by atoms with E-state index in [1.165, 1.54) is 0 Å². The largest absolute Gasteiger partial charge is 0.376 e. The Bertz CT molecular complexity index is 1040. The normalized spacial score (nSPS) is 16.1. The SMILES string of the molecule is Cc1cc(C(=O)Cn2cc([N+](=O)[O-])cc(C#N)c2=O)c(C)n1CC1CCCO1. The van der Waals surface area contributed by atoms with E-state index in [1.807, 2.05) is 18.4 Å². The van der Waals surface area contributed by atoms with Crippen LogP contribution in [0.25, 0.3) is 0 Å². The minimum absolute atomic E-state index is 0.116. The fraction of sp³-hybridized carbons (Fsp3) is 0.421. The van der Waals surface area contributed by atoms with Gasteiger partial charge in [-0.15, -0.1) is 0 Å². The summed E-state index contributed by atoms with van der Waals surface area (Å²) in [5.74, 6) is -0.349. The molecule has 1 atom stereocenters. The van der Waals surface area contributed by atoms with Gasteiger partial charge >= 0.3 is 0 Å². The number of nitrogens with zero attached hydrogens (tertiary/aromatic N) is 4. The van der Waals surface area contributed by atoms with E-state index >= 15 is 0 Å². The van der Waals surface area contributed by atoms with Gasteiger partial charge in [-0.3, -0.25) is 24.3 Å². The minimum atomic E-state index is -0.727. The summed E-state index contributed by atoms with van der Waals surface area (Å²) < 4.78 is 8.60. The maximum Gasteiger partial charge on any atom is 0.287 e. The highest BCUT2D eigenvalue weighted by molar-refractivity contribution is 5.97. The Labute approximate surface area is 160 Å². The minimum Gasteiger partial charge on any atom is -0.376 e. The fourth-order valence-corrected chi connectivity index (χ4v) is 3.51. The Morgan fingerprint density at radius 2 is 2.18 bits per heavy atom. The molecular formula is C19H20N4O5. The van der Waals surface area contributed by atoms with Crippen LogP contribution in [0.4, 0.5) is 5.69 Å². The van der Waals surface area contributed by atoms with E-state index in [9.17, 15) is 19.7 Å². The van der Waals surface area contributed by atoms with Crippen molar-refractivity contribution < 1.29 is 14.5 Å². The van der Waals surface area contributed by atoms with Gasteiger partial charge in [0.15, 0.2) is 5.78 Å². The van der Waals surface area contributed by atoms with Gasteiger partial charge in [-0.05, 0) is 32.8 Å². The molecule has 2 aromatic heterocycles. The quantitative estimate of drug-likeness (QED) is 0.427. The number of carbonyl (C=O) groups is 1. The zero-order chi connectivity index (χ0) is 20.4.